The van der Waals surface area contributed by atoms with Gasteiger partial charge in [-0.1, -0.05) is 25.5 Å². The monoisotopic (exact) mass is 247 g/mol. The van der Waals surface area contributed by atoms with Gasteiger partial charge in [-0.05, 0) is 56.3 Å². The van der Waals surface area contributed by atoms with Crippen LogP contribution in [0.15, 0.2) is 12.2 Å². The minimum Gasteiger partial charge on any atom is -0.392 e. The van der Waals surface area contributed by atoms with E-state index < -0.39 is 0 Å². The summed E-state index contributed by atoms with van der Waals surface area (Å²) in [4.78, 5) is 0. The molecule has 0 aliphatic heterocycles. The minimum atomic E-state index is -0.166. The first-order valence-electron chi connectivity index (χ1n) is 7.44. The molecule has 0 aromatic heterocycles. The smallest absolute Gasteiger partial charge is 0.0656 e. The molecule has 0 spiro atoms. The van der Waals surface area contributed by atoms with Crippen LogP contribution in [0, 0.1) is 28.6 Å². The molecule has 2 aliphatic carbocycles. The lowest BCUT2D eigenvalue weighted by molar-refractivity contribution is -0.0355. The average Bonchev–Trinajstić information content (AvgIpc) is 2.76. The van der Waals surface area contributed by atoms with Gasteiger partial charge in [-0.2, -0.15) is 5.26 Å². The van der Waals surface area contributed by atoms with Crippen molar-refractivity contribution < 1.29 is 5.11 Å². The maximum absolute atomic E-state index is 10.3. The zero-order valence-electron chi connectivity index (χ0n) is 11.4. The van der Waals surface area contributed by atoms with Crippen molar-refractivity contribution >= 4 is 0 Å². The molecule has 2 heteroatoms. The predicted octanol–water partition coefficient (Wildman–Crippen LogP) is 3.81. The van der Waals surface area contributed by atoms with E-state index in [0.29, 0.717) is 5.92 Å². The normalized spacial score (nSPS) is 32.1. The SMILES string of the molecule is CCC1(C(O)C/C=C/[C@H]2CCC(C#N)C2)CCC1. The van der Waals surface area contributed by atoms with Crippen LogP contribution in [0.2, 0.25) is 0 Å². The van der Waals surface area contributed by atoms with E-state index in [-0.39, 0.29) is 17.4 Å². The second kappa shape index (κ2) is 5.89. The molecule has 2 saturated carbocycles. The molecule has 0 saturated heterocycles. The number of nitriles is 1. The van der Waals surface area contributed by atoms with Crippen LogP contribution >= 0.6 is 0 Å². The molecule has 1 N–H and O–H groups in total. The summed E-state index contributed by atoms with van der Waals surface area (Å²) < 4.78 is 0. The number of rotatable bonds is 5. The third-order valence-electron chi connectivity index (χ3n) is 5.18. The van der Waals surface area contributed by atoms with Crippen molar-refractivity contribution in [1.82, 2.24) is 0 Å². The topological polar surface area (TPSA) is 44.0 Å². The first-order valence-corrected chi connectivity index (χ1v) is 7.44. The highest BCUT2D eigenvalue weighted by Crippen LogP contribution is 2.47. The molecule has 0 amide bonds. The molecule has 0 bridgehead atoms. The zero-order chi connectivity index (χ0) is 13.0. The first kappa shape index (κ1) is 13.6. The predicted molar refractivity (Wildman–Crippen MR) is 72.8 cm³/mol. The highest BCUT2D eigenvalue weighted by molar-refractivity contribution is 5.01. The summed E-state index contributed by atoms with van der Waals surface area (Å²) in [5.41, 5.74) is 0.217. The Balaban J connectivity index is 1.76. The molecular weight excluding hydrogens is 222 g/mol. The maximum Gasteiger partial charge on any atom is 0.0656 e. The van der Waals surface area contributed by atoms with Crippen LogP contribution in [-0.2, 0) is 0 Å². The Morgan fingerprint density at radius 1 is 1.44 bits per heavy atom. The Labute approximate surface area is 111 Å². The van der Waals surface area contributed by atoms with E-state index in [4.69, 9.17) is 5.26 Å². The van der Waals surface area contributed by atoms with Gasteiger partial charge in [0.2, 0.25) is 0 Å². The third-order valence-corrected chi connectivity index (χ3v) is 5.18. The Kier molecular flexibility index (Phi) is 4.45. The van der Waals surface area contributed by atoms with Gasteiger partial charge in [-0.25, -0.2) is 0 Å². The quantitative estimate of drug-likeness (QED) is 0.751. The van der Waals surface area contributed by atoms with Crippen LogP contribution < -0.4 is 0 Å². The summed E-state index contributed by atoms with van der Waals surface area (Å²) in [7, 11) is 0. The van der Waals surface area contributed by atoms with Crippen LogP contribution in [0.3, 0.4) is 0 Å². The molecule has 0 aromatic carbocycles. The average molecular weight is 247 g/mol. The Hall–Kier alpha value is -0.810. The van der Waals surface area contributed by atoms with E-state index in [9.17, 15) is 5.11 Å². The number of nitrogens with zero attached hydrogens (tertiary/aromatic N) is 1. The number of hydrogen-bond acceptors (Lipinski definition) is 2. The van der Waals surface area contributed by atoms with Crippen LogP contribution in [0.5, 0.6) is 0 Å². The lowest BCUT2D eigenvalue weighted by Crippen LogP contribution is -2.40. The molecule has 2 rings (SSSR count). The largest absolute Gasteiger partial charge is 0.392 e. The van der Waals surface area contributed by atoms with Crippen molar-refractivity contribution in [2.45, 2.75) is 64.4 Å². The van der Waals surface area contributed by atoms with E-state index in [1.807, 2.05) is 0 Å². The lowest BCUT2D eigenvalue weighted by atomic mass is 9.63. The molecule has 2 nitrogen and oxygen atoms in total. The fourth-order valence-electron chi connectivity index (χ4n) is 3.51. The van der Waals surface area contributed by atoms with Gasteiger partial charge in [0.1, 0.15) is 0 Å². The standard InChI is InChI=1S/C16H25NO/c1-2-16(9-4-10-16)15(18)6-3-5-13-7-8-14(11-13)12-17/h3,5,13-15,18H,2,4,6-11H2,1H3/b5-3+/t13-,14?,15?/m0/s1. The van der Waals surface area contributed by atoms with Gasteiger partial charge in [-0.3, -0.25) is 0 Å². The van der Waals surface area contributed by atoms with Gasteiger partial charge >= 0.3 is 0 Å². The molecule has 0 aromatic rings. The number of aliphatic hydroxyl groups excluding tert-OH is 1. The van der Waals surface area contributed by atoms with Crippen molar-refractivity contribution in [3.8, 4) is 6.07 Å². The van der Waals surface area contributed by atoms with Gasteiger partial charge in [0, 0.05) is 5.92 Å². The van der Waals surface area contributed by atoms with Gasteiger partial charge in [0.15, 0.2) is 0 Å². The number of aliphatic hydroxyl groups is 1. The molecule has 0 radical (unpaired) electrons. The van der Waals surface area contributed by atoms with E-state index in [0.717, 1.165) is 32.1 Å². The van der Waals surface area contributed by atoms with E-state index in [1.165, 1.54) is 19.3 Å². The summed E-state index contributed by atoms with van der Waals surface area (Å²) in [5, 5.41) is 19.1. The lowest BCUT2D eigenvalue weighted by Gasteiger charge is -2.45. The van der Waals surface area contributed by atoms with Gasteiger partial charge < -0.3 is 5.11 Å². The molecule has 0 heterocycles. The summed E-state index contributed by atoms with van der Waals surface area (Å²) in [6, 6.07) is 2.36. The van der Waals surface area contributed by atoms with Crippen LogP contribution in [0.1, 0.15) is 58.3 Å². The highest BCUT2D eigenvalue weighted by atomic mass is 16.3. The summed E-state index contributed by atoms with van der Waals surface area (Å²) >= 11 is 0. The van der Waals surface area contributed by atoms with Crippen molar-refractivity contribution in [3.63, 3.8) is 0 Å². The van der Waals surface area contributed by atoms with Gasteiger partial charge in [0.25, 0.3) is 0 Å². The van der Waals surface area contributed by atoms with Crippen LogP contribution in [-0.4, -0.2) is 11.2 Å². The second-order valence-corrected chi connectivity index (χ2v) is 6.15. The summed E-state index contributed by atoms with van der Waals surface area (Å²) in [6.07, 6.45) is 13.0. The van der Waals surface area contributed by atoms with E-state index in [1.54, 1.807) is 0 Å². The fraction of sp³-hybridized carbons (Fsp3) is 0.812. The molecule has 3 atom stereocenters. The minimum absolute atomic E-state index is 0.166. The molecule has 18 heavy (non-hydrogen) atoms. The fourth-order valence-corrected chi connectivity index (χ4v) is 3.51. The molecule has 100 valence electrons. The first-order chi connectivity index (χ1) is 8.70. The van der Waals surface area contributed by atoms with Gasteiger partial charge in [-0.15, -0.1) is 0 Å². The van der Waals surface area contributed by atoms with Crippen LogP contribution in [0.25, 0.3) is 0 Å². The summed E-state index contributed by atoms with van der Waals surface area (Å²) in [6.45, 7) is 2.20. The molecular formula is C16H25NO. The van der Waals surface area contributed by atoms with Crippen molar-refractivity contribution in [3.05, 3.63) is 12.2 Å². The highest BCUT2D eigenvalue weighted by Gasteiger charge is 2.40. The van der Waals surface area contributed by atoms with Crippen molar-refractivity contribution in [2.75, 3.05) is 0 Å². The molecule has 2 fully saturated rings. The van der Waals surface area contributed by atoms with Crippen molar-refractivity contribution in [1.29, 1.82) is 5.26 Å². The van der Waals surface area contributed by atoms with E-state index in [2.05, 4.69) is 25.1 Å². The zero-order valence-corrected chi connectivity index (χ0v) is 11.4. The second-order valence-electron chi connectivity index (χ2n) is 6.15. The Morgan fingerprint density at radius 3 is 2.72 bits per heavy atom. The number of allylic oxidation sites excluding steroid dienone is 1. The maximum atomic E-state index is 10.3. The van der Waals surface area contributed by atoms with Crippen molar-refractivity contribution in [2.24, 2.45) is 17.3 Å². The Morgan fingerprint density at radius 2 is 2.22 bits per heavy atom. The molecule has 2 aliphatic rings. The van der Waals surface area contributed by atoms with Gasteiger partial charge in [0.05, 0.1) is 12.2 Å². The number of hydrogen-bond donors (Lipinski definition) is 1. The third kappa shape index (κ3) is 2.78. The molecule has 2 unspecified atom stereocenters. The summed E-state index contributed by atoms with van der Waals surface area (Å²) in [5.74, 6) is 0.832. The van der Waals surface area contributed by atoms with E-state index >= 15 is 0 Å². The Bertz CT molecular complexity index is 332. The van der Waals surface area contributed by atoms with Crippen LogP contribution in [0.4, 0.5) is 0 Å².